The average Bonchev–Trinajstić information content (AvgIpc) is 2.44. The lowest BCUT2D eigenvalue weighted by Gasteiger charge is -2.35. The van der Waals surface area contributed by atoms with E-state index in [1.807, 2.05) is 0 Å². The highest BCUT2D eigenvalue weighted by Crippen LogP contribution is 2.15. The topological polar surface area (TPSA) is 50.3 Å². The second kappa shape index (κ2) is 7.76. The highest BCUT2D eigenvalue weighted by atomic mass is 35.5. The fourth-order valence-corrected chi connectivity index (χ4v) is 2.65. The molecule has 6 heteroatoms. The first kappa shape index (κ1) is 15.5. The minimum atomic E-state index is 0.418. The van der Waals surface area contributed by atoms with E-state index in [9.17, 15) is 0 Å². The summed E-state index contributed by atoms with van der Waals surface area (Å²) >= 11 is 5.85. The highest BCUT2D eigenvalue weighted by Gasteiger charge is 2.21. The molecule has 0 bridgehead atoms. The molecular formula is C14H23ClN4O. The Morgan fingerprint density at radius 3 is 2.75 bits per heavy atom. The van der Waals surface area contributed by atoms with Gasteiger partial charge < -0.3 is 10.1 Å². The van der Waals surface area contributed by atoms with Gasteiger partial charge in [0, 0.05) is 25.7 Å². The van der Waals surface area contributed by atoms with E-state index < -0.39 is 0 Å². The molecule has 2 rings (SSSR count). The molecular weight excluding hydrogens is 276 g/mol. The van der Waals surface area contributed by atoms with Crippen LogP contribution in [0.5, 0.6) is 0 Å². The van der Waals surface area contributed by atoms with E-state index in [0.717, 1.165) is 45.1 Å². The van der Waals surface area contributed by atoms with Gasteiger partial charge in [0.2, 0.25) is 0 Å². The Morgan fingerprint density at radius 1 is 1.35 bits per heavy atom. The van der Waals surface area contributed by atoms with E-state index >= 15 is 0 Å². The third kappa shape index (κ3) is 4.89. The fraction of sp³-hybridized carbons (Fsp3) is 0.714. The third-order valence-corrected chi connectivity index (χ3v) is 3.61. The Morgan fingerprint density at radius 2 is 2.10 bits per heavy atom. The van der Waals surface area contributed by atoms with Gasteiger partial charge in [-0.1, -0.05) is 25.4 Å². The Bertz CT molecular complexity index is 410. The van der Waals surface area contributed by atoms with E-state index in [1.165, 1.54) is 0 Å². The maximum Gasteiger partial charge on any atom is 0.149 e. The minimum absolute atomic E-state index is 0.418. The monoisotopic (exact) mass is 298 g/mol. The smallest absolute Gasteiger partial charge is 0.149 e. The summed E-state index contributed by atoms with van der Waals surface area (Å²) in [4.78, 5) is 10.8. The molecule has 1 aromatic heterocycles. The van der Waals surface area contributed by atoms with Crippen molar-refractivity contribution in [3.63, 3.8) is 0 Å². The zero-order chi connectivity index (χ0) is 14.4. The van der Waals surface area contributed by atoms with Crippen molar-refractivity contribution >= 4 is 17.4 Å². The number of hydrogen-bond acceptors (Lipinski definition) is 5. The molecule has 1 unspecified atom stereocenters. The van der Waals surface area contributed by atoms with Crippen LogP contribution in [0.4, 0.5) is 5.82 Å². The van der Waals surface area contributed by atoms with Gasteiger partial charge in [-0.25, -0.2) is 4.98 Å². The molecule has 1 saturated heterocycles. The van der Waals surface area contributed by atoms with Crippen molar-refractivity contribution in [2.45, 2.75) is 26.3 Å². The number of nitrogens with zero attached hydrogens (tertiary/aromatic N) is 3. The molecule has 0 amide bonds. The van der Waals surface area contributed by atoms with Crippen LogP contribution in [0.3, 0.4) is 0 Å². The quantitative estimate of drug-likeness (QED) is 0.873. The van der Waals surface area contributed by atoms with Gasteiger partial charge in [0.05, 0.1) is 25.6 Å². The first-order valence-corrected chi connectivity index (χ1v) is 7.56. The molecule has 1 fully saturated rings. The van der Waals surface area contributed by atoms with Gasteiger partial charge in [-0.3, -0.25) is 9.88 Å². The van der Waals surface area contributed by atoms with Crippen molar-refractivity contribution in [1.29, 1.82) is 0 Å². The third-order valence-electron chi connectivity index (χ3n) is 3.43. The molecule has 0 aliphatic carbocycles. The summed E-state index contributed by atoms with van der Waals surface area (Å²) in [5.41, 5.74) is 0. The Hall–Kier alpha value is -0.910. The van der Waals surface area contributed by atoms with Gasteiger partial charge in [-0.15, -0.1) is 0 Å². The van der Waals surface area contributed by atoms with Crippen LogP contribution >= 0.6 is 11.6 Å². The minimum Gasteiger partial charge on any atom is -0.379 e. The molecule has 0 aromatic carbocycles. The molecule has 5 nitrogen and oxygen atoms in total. The molecule has 0 radical (unpaired) electrons. The molecule has 1 aliphatic heterocycles. The fourth-order valence-electron chi connectivity index (χ4n) is 2.50. The summed E-state index contributed by atoms with van der Waals surface area (Å²) in [7, 11) is 0. The molecule has 1 aliphatic rings. The van der Waals surface area contributed by atoms with E-state index in [4.69, 9.17) is 16.3 Å². The lowest BCUT2D eigenvalue weighted by molar-refractivity contribution is 0.0150. The molecule has 1 atom stereocenters. The lowest BCUT2D eigenvalue weighted by atomic mass is 10.0. The first-order valence-electron chi connectivity index (χ1n) is 7.18. The second-order valence-electron chi connectivity index (χ2n) is 5.54. The molecule has 112 valence electrons. The van der Waals surface area contributed by atoms with E-state index in [0.29, 0.717) is 17.1 Å². The molecule has 2 heterocycles. The highest BCUT2D eigenvalue weighted by molar-refractivity contribution is 6.29. The summed E-state index contributed by atoms with van der Waals surface area (Å²) in [6, 6.07) is 0.486. The Kier molecular flexibility index (Phi) is 6.01. The Labute approximate surface area is 125 Å². The van der Waals surface area contributed by atoms with E-state index in [2.05, 4.69) is 34.0 Å². The van der Waals surface area contributed by atoms with Crippen LogP contribution in [-0.4, -0.2) is 53.8 Å². The zero-order valence-corrected chi connectivity index (χ0v) is 12.9. The Balaban J connectivity index is 1.92. The summed E-state index contributed by atoms with van der Waals surface area (Å²) in [6.45, 7) is 9.02. The van der Waals surface area contributed by atoms with Gasteiger partial charge in [-0.2, -0.15) is 0 Å². The van der Waals surface area contributed by atoms with Crippen molar-refractivity contribution in [3.8, 4) is 0 Å². The molecule has 0 saturated carbocycles. The maximum atomic E-state index is 5.85. The van der Waals surface area contributed by atoms with Crippen LogP contribution in [0, 0.1) is 5.92 Å². The van der Waals surface area contributed by atoms with Crippen LogP contribution in [0.2, 0.25) is 5.15 Å². The van der Waals surface area contributed by atoms with Gasteiger partial charge in [0.15, 0.2) is 0 Å². The summed E-state index contributed by atoms with van der Waals surface area (Å²) in [5.74, 6) is 1.40. The van der Waals surface area contributed by atoms with Crippen molar-refractivity contribution in [1.82, 2.24) is 14.9 Å². The summed E-state index contributed by atoms with van der Waals surface area (Å²) in [6.07, 6.45) is 4.40. The summed E-state index contributed by atoms with van der Waals surface area (Å²) in [5, 5.41) is 3.77. The molecule has 0 spiro atoms. The average molecular weight is 299 g/mol. The number of nitrogens with one attached hydrogen (secondary N) is 1. The summed E-state index contributed by atoms with van der Waals surface area (Å²) < 4.78 is 5.43. The predicted octanol–water partition coefficient (Wildman–Crippen LogP) is 2.29. The van der Waals surface area contributed by atoms with Crippen molar-refractivity contribution in [2.24, 2.45) is 5.92 Å². The van der Waals surface area contributed by atoms with Gasteiger partial charge in [0.25, 0.3) is 0 Å². The standard InChI is InChI=1S/C14H23ClN4O/c1-11(2)7-12(19-3-5-20-6-4-19)8-17-14-10-16-9-13(15)18-14/h9-12H,3-8H2,1-2H3,(H,17,18). The number of anilines is 1. The largest absolute Gasteiger partial charge is 0.379 e. The maximum absolute atomic E-state index is 5.85. The second-order valence-corrected chi connectivity index (χ2v) is 5.93. The van der Waals surface area contributed by atoms with Crippen molar-refractivity contribution in [3.05, 3.63) is 17.5 Å². The number of morpholine rings is 1. The van der Waals surface area contributed by atoms with Crippen molar-refractivity contribution in [2.75, 3.05) is 38.2 Å². The van der Waals surface area contributed by atoms with E-state index in [1.54, 1.807) is 12.4 Å². The zero-order valence-electron chi connectivity index (χ0n) is 12.2. The normalized spacial score (nSPS) is 18.2. The van der Waals surface area contributed by atoms with Gasteiger partial charge >= 0.3 is 0 Å². The van der Waals surface area contributed by atoms with Crippen LogP contribution in [0.15, 0.2) is 12.4 Å². The lowest BCUT2D eigenvalue weighted by Crippen LogP contribution is -2.47. The molecule has 1 aromatic rings. The van der Waals surface area contributed by atoms with E-state index in [-0.39, 0.29) is 0 Å². The van der Waals surface area contributed by atoms with Crippen LogP contribution in [-0.2, 0) is 4.74 Å². The number of aromatic nitrogens is 2. The number of ether oxygens (including phenoxy) is 1. The van der Waals surface area contributed by atoms with Crippen LogP contribution in [0.1, 0.15) is 20.3 Å². The molecule has 1 N–H and O–H groups in total. The molecule has 20 heavy (non-hydrogen) atoms. The number of rotatable bonds is 6. The number of halogens is 1. The van der Waals surface area contributed by atoms with Crippen LogP contribution < -0.4 is 5.32 Å². The first-order chi connectivity index (χ1) is 9.65. The SMILES string of the molecule is CC(C)CC(CNc1cncc(Cl)n1)N1CCOCC1. The van der Waals surface area contributed by atoms with Gasteiger partial charge in [0.1, 0.15) is 11.0 Å². The van der Waals surface area contributed by atoms with Crippen molar-refractivity contribution < 1.29 is 4.74 Å². The van der Waals surface area contributed by atoms with Gasteiger partial charge in [-0.05, 0) is 12.3 Å². The predicted molar refractivity (Wildman–Crippen MR) is 81.2 cm³/mol. The number of hydrogen-bond donors (Lipinski definition) is 1. The van der Waals surface area contributed by atoms with Crippen LogP contribution in [0.25, 0.3) is 0 Å².